The molecule has 0 amide bonds. The third-order valence-corrected chi connectivity index (χ3v) is 20.0. The monoisotopic (exact) mass is 1230 g/mol. The smallest absolute Gasteiger partial charge is 0.204 e. The van der Waals surface area contributed by atoms with E-state index in [1.54, 1.807) is 30.3 Å². The molecule has 9 N–H and O–H groups in total. The lowest BCUT2D eigenvalue weighted by Gasteiger charge is -2.51. The quantitative estimate of drug-likeness (QED) is 0.0279. The molecule has 6 heterocycles. The Balaban J connectivity index is 0.992. The fourth-order valence-corrected chi connectivity index (χ4v) is 15.7. The number of phenolic OH excluding ortho intramolecular Hbond substituents is 1. The second kappa shape index (κ2) is 24.5. The van der Waals surface area contributed by atoms with Crippen LogP contribution >= 0.6 is 0 Å². The topological polar surface area (TPSA) is 214 Å². The Morgan fingerprint density at radius 1 is 0.860 bits per heavy atom. The van der Waals surface area contributed by atoms with Crippen LogP contribution in [0.4, 0.5) is 11.5 Å². The van der Waals surface area contributed by atoms with Gasteiger partial charge in [-0.15, -0.1) is 0 Å². The molecule has 6 aliphatic rings. The van der Waals surface area contributed by atoms with Crippen molar-refractivity contribution < 1.29 is 33.9 Å². The average molecular weight is 1240 g/mol. The summed E-state index contributed by atoms with van der Waals surface area (Å²) in [5, 5.41) is 42.5. The van der Waals surface area contributed by atoms with E-state index in [0.29, 0.717) is 42.7 Å². The molecule has 14 nitrogen and oxygen atoms in total. The van der Waals surface area contributed by atoms with Crippen LogP contribution in [0.1, 0.15) is 82.7 Å². The molecule has 8 bridgehead atoms. The second-order valence-corrected chi connectivity index (χ2v) is 25.7. The SMILES string of the molecule is CCc1cc2c([nH]1)N1CCNC3C#CC(Cc4cccc-2c4)c2c(c(OC)c(OCCC(O)C=Cc4ccccc4)c4c(=O)cc(-c5ccc(O)cc5)oc24)OCC(CO)Cc2ccc(cc2N=C(N)N)C2(CC4C=Cc5ccc6cc7ccccc7cc6c5C4C2)C31. The molecule has 8 aromatic carbocycles. The maximum absolute atomic E-state index is 15.4. The number of fused-ring (bicyclic) bond motifs is 17. The molecule has 2 aliphatic carbocycles. The zero-order chi connectivity index (χ0) is 63.5. The van der Waals surface area contributed by atoms with Crippen LogP contribution in [0, 0.1) is 23.7 Å². The van der Waals surface area contributed by atoms with Crippen molar-refractivity contribution in [3.05, 3.63) is 225 Å². The normalized spacial score (nSPS) is 21.5. The predicted molar refractivity (Wildman–Crippen MR) is 370 cm³/mol. The number of nitrogens with two attached hydrogens (primary N) is 2. The first kappa shape index (κ1) is 59.3. The van der Waals surface area contributed by atoms with Crippen LogP contribution < -0.4 is 41.3 Å². The van der Waals surface area contributed by atoms with Crippen LogP contribution in [-0.4, -0.2) is 84.5 Å². The zero-order valence-electron chi connectivity index (χ0n) is 52.1. The van der Waals surface area contributed by atoms with Crippen molar-refractivity contribution in [1.29, 1.82) is 0 Å². The first-order valence-electron chi connectivity index (χ1n) is 32.4. The van der Waals surface area contributed by atoms with Crippen LogP contribution in [0.15, 0.2) is 184 Å². The number of aliphatic hydroxyl groups excluding tert-OH is 2. The van der Waals surface area contributed by atoms with E-state index in [0.717, 1.165) is 64.2 Å². The number of anilines is 1. The van der Waals surface area contributed by atoms with Crippen LogP contribution in [0.2, 0.25) is 0 Å². The van der Waals surface area contributed by atoms with Gasteiger partial charge >= 0.3 is 0 Å². The minimum atomic E-state index is -0.906. The van der Waals surface area contributed by atoms with Gasteiger partial charge in [0.2, 0.25) is 5.75 Å². The number of rotatable bonds is 11. The van der Waals surface area contributed by atoms with E-state index in [1.165, 1.54) is 45.8 Å². The highest BCUT2D eigenvalue weighted by molar-refractivity contribution is 6.01. The summed E-state index contributed by atoms with van der Waals surface area (Å²) >= 11 is 0. The van der Waals surface area contributed by atoms with Crippen molar-refractivity contribution in [3.63, 3.8) is 0 Å². The molecule has 2 aromatic heterocycles. The summed E-state index contributed by atoms with van der Waals surface area (Å²) < 4.78 is 27.7. The van der Waals surface area contributed by atoms with E-state index in [1.807, 2.05) is 36.4 Å². The molecule has 2 fully saturated rings. The summed E-state index contributed by atoms with van der Waals surface area (Å²) in [7, 11) is 1.52. The van der Waals surface area contributed by atoms with Gasteiger partial charge in [-0.2, -0.15) is 0 Å². The number of aromatic hydroxyl groups is 1. The lowest BCUT2D eigenvalue weighted by molar-refractivity contribution is 0.156. The summed E-state index contributed by atoms with van der Waals surface area (Å²) in [6, 6.07) is 52.3. The van der Waals surface area contributed by atoms with Crippen molar-refractivity contribution in [2.45, 2.75) is 80.9 Å². The largest absolute Gasteiger partial charge is 0.508 e. The summed E-state index contributed by atoms with van der Waals surface area (Å²) in [6.45, 7) is 3.09. The van der Waals surface area contributed by atoms with Gasteiger partial charge in [0.05, 0.1) is 55.7 Å². The summed E-state index contributed by atoms with van der Waals surface area (Å²) in [5.41, 5.74) is 23.2. The third kappa shape index (κ3) is 10.9. The number of piperazine rings is 1. The molecule has 1 saturated carbocycles. The third-order valence-electron chi connectivity index (χ3n) is 20.0. The highest BCUT2D eigenvalue weighted by Gasteiger charge is 2.57. The molecule has 1 spiro atoms. The number of phenols is 1. The molecule has 93 heavy (non-hydrogen) atoms. The van der Waals surface area contributed by atoms with Crippen LogP contribution in [0.5, 0.6) is 23.0 Å². The molecule has 1 saturated heterocycles. The molecule has 4 aliphatic heterocycles. The van der Waals surface area contributed by atoms with Crippen LogP contribution in [-0.2, 0) is 24.7 Å². The van der Waals surface area contributed by atoms with Crippen LogP contribution in [0.25, 0.3) is 67.1 Å². The second-order valence-electron chi connectivity index (χ2n) is 25.7. The fourth-order valence-electron chi connectivity index (χ4n) is 15.7. The molecule has 14 heteroatoms. The summed E-state index contributed by atoms with van der Waals surface area (Å²) in [5.74, 6) is 8.55. The predicted octanol–water partition coefficient (Wildman–Crippen LogP) is 13.0. The maximum atomic E-state index is 15.4. The molecule has 8 unspecified atom stereocenters. The molecule has 10 aromatic rings. The highest BCUT2D eigenvalue weighted by atomic mass is 16.5. The molecular formula is C79H74N6O8. The number of nitrogens with zero attached hydrogens (tertiary/aromatic N) is 2. The van der Waals surface area contributed by atoms with Crippen molar-refractivity contribution in [3.8, 4) is 57.3 Å². The van der Waals surface area contributed by atoms with Gasteiger partial charge in [0, 0.05) is 60.3 Å². The van der Waals surface area contributed by atoms with Gasteiger partial charge in [-0.05, 0) is 153 Å². The Kier molecular flexibility index (Phi) is 15.6. The van der Waals surface area contributed by atoms with Gasteiger partial charge in [-0.25, -0.2) is 4.99 Å². The minimum absolute atomic E-state index is 0.0351. The van der Waals surface area contributed by atoms with Gasteiger partial charge in [0.1, 0.15) is 22.7 Å². The number of aryl methyl sites for hydroxylation is 1. The Hall–Kier alpha value is -10.0. The van der Waals surface area contributed by atoms with Crippen LogP contribution in [0.3, 0.4) is 0 Å². The van der Waals surface area contributed by atoms with Gasteiger partial charge in [0.15, 0.2) is 28.5 Å². The van der Waals surface area contributed by atoms with Crippen molar-refractivity contribution in [2.24, 2.45) is 28.3 Å². The Morgan fingerprint density at radius 3 is 2.49 bits per heavy atom. The molecular weight excluding hydrogens is 1160 g/mol. The van der Waals surface area contributed by atoms with E-state index < -0.39 is 34.8 Å². The number of aliphatic imine (C=N–C) groups is 1. The summed E-state index contributed by atoms with van der Waals surface area (Å²) in [6.07, 6.45) is 10.6. The number of benzene rings is 8. The number of aromatic nitrogens is 1. The molecule has 0 radical (unpaired) electrons. The first-order valence-corrected chi connectivity index (χ1v) is 32.4. The molecule has 468 valence electrons. The Bertz CT molecular complexity index is 4770. The maximum Gasteiger partial charge on any atom is 0.204 e. The van der Waals surface area contributed by atoms with E-state index >= 15 is 4.79 Å². The number of nitrogens with one attached hydrogen (secondary N) is 2. The number of guanidine groups is 1. The number of allylic oxidation sites excluding steroid dienone is 1. The van der Waals surface area contributed by atoms with Gasteiger partial charge in [0.25, 0.3) is 0 Å². The summed E-state index contributed by atoms with van der Waals surface area (Å²) in [4.78, 5) is 27.0. The number of hydrogen-bond acceptors (Lipinski definition) is 11. The number of hydrogen-bond donors (Lipinski definition) is 7. The lowest BCUT2D eigenvalue weighted by Crippen LogP contribution is -2.65. The number of methoxy groups -OCH3 is 1. The van der Waals surface area contributed by atoms with Crippen molar-refractivity contribution in [2.75, 3.05) is 44.9 Å². The Labute approximate surface area is 539 Å². The average Bonchev–Trinajstić information content (AvgIpc) is 1.66. The van der Waals surface area contributed by atoms with E-state index in [9.17, 15) is 15.3 Å². The van der Waals surface area contributed by atoms with Gasteiger partial charge in [-0.3, -0.25) is 4.79 Å². The first-order chi connectivity index (χ1) is 45.4. The lowest BCUT2D eigenvalue weighted by atomic mass is 9.67. The zero-order valence-corrected chi connectivity index (χ0v) is 52.1. The van der Waals surface area contributed by atoms with Gasteiger partial charge < -0.3 is 60.6 Å². The number of aliphatic hydroxyl groups is 2. The molecule has 8 atom stereocenters. The van der Waals surface area contributed by atoms with E-state index in [2.05, 4.69) is 143 Å². The minimum Gasteiger partial charge on any atom is -0.508 e. The number of ether oxygens (including phenoxy) is 3. The Morgan fingerprint density at radius 2 is 1.69 bits per heavy atom. The van der Waals surface area contributed by atoms with Gasteiger partial charge in [-0.1, -0.05) is 146 Å². The van der Waals surface area contributed by atoms with Crippen molar-refractivity contribution in [1.82, 2.24) is 10.3 Å². The molecule has 16 rings (SSSR count). The fraction of sp³-hybridized carbons (Fsp3) is 0.266. The standard InChI is InChI=1S/C79H74N6O8/c1-3-59-40-63-53-15-9-12-47(34-53)35-56-24-29-65-76(85(32-31-82-65)77(63)83-59)79(42-57-20-18-50-17-19-54-37-51-13-7-8-14-52(51)38-62(54)69(50)64(57)43-79)58-25-21-55(66(39-58)84-78(80)81)36-48(44-86)45-92-73-70(56)72-71(67(89)41-68(93-72)49-22-27-60(87)28-23-49)74(75(73)90-2)91-33-30-61(88)26-16-46-10-5-4-6-11-46/h4-23,25-28,34,37-41,48,56-57,61,64-65,76,82-83,86-88H,3,30-33,35-36,42-45H2,1-2H3,(H4,80,81,84). The number of H-pyrrole nitrogens is 1. The van der Waals surface area contributed by atoms with E-state index in [4.69, 9.17) is 35.1 Å². The van der Waals surface area contributed by atoms with E-state index in [-0.39, 0.29) is 89.8 Å². The number of aromatic amines is 1. The van der Waals surface area contributed by atoms with Crippen molar-refractivity contribution >= 4 is 62.1 Å². The highest BCUT2D eigenvalue weighted by Crippen LogP contribution is 2.60.